The first-order chi connectivity index (χ1) is 9.43. The molecule has 2 rings (SSSR count). The number of halogens is 1. The van der Waals surface area contributed by atoms with Crippen molar-refractivity contribution in [3.05, 3.63) is 40.2 Å². The Morgan fingerprint density at radius 3 is 2.80 bits per heavy atom. The number of nitrogen functional groups attached to an aromatic ring is 1. The van der Waals surface area contributed by atoms with Crippen molar-refractivity contribution in [3.63, 3.8) is 0 Å². The highest BCUT2D eigenvalue weighted by Crippen LogP contribution is 2.24. The van der Waals surface area contributed by atoms with Gasteiger partial charge in [0.15, 0.2) is 0 Å². The van der Waals surface area contributed by atoms with Gasteiger partial charge < -0.3 is 11.1 Å². The monoisotopic (exact) mass is 289 g/mol. The van der Waals surface area contributed by atoms with Crippen LogP contribution < -0.4 is 11.1 Å². The van der Waals surface area contributed by atoms with Gasteiger partial charge in [-0.2, -0.15) is 10.4 Å². The van der Waals surface area contributed by atoms with E-state index in [0.717, 1.165) is 0 Å². The molecule has 1 aromatic carbocycles. The highest BCUT2D eigenvalue weighted by atomic mass is 35.5. The molecule has 1 amide bonds. The number of nitrogens with one attached hydrogen (secondary N) is 1. The first-order valence-electron chi connectivity index (χ1n) is 5.74. The lowest BCUT2D eigenvalue weighted by atomic mass is 10.2. The average molecular weight is 290 g/mol. The standard InChI is InChI=1S/C13H12ClN5O/c1-7-11(16)12(19(2)18-7)13(20)17-10-5-8(6-15)3-4-9(10)14/h3-5H,16H2,1-2H3,(H,17,20). The molecule has 1 heterocycles. The van der Waals surface area contributed by atoms with Crippen molar-refractivity contribution in [2.45, 2.75) is 6.92 Å². The predicted octanol–water partition coefficient (Wildman–Crippen LogP) is 2.09. The molecule has 0 atom stereocenters. The molecule has 6 nitrogen and oxygen atoms in total. The van der Waals surface area contributed by atoms with Gasteiger partial charge in [-0.3, -0.25) is 9.48 Å². The van der Waals surface area contributed by atoms with E-state index < -0.39 is 5.91 Å². The van der Waals surface area contributed by atoms with Crippen LogP contribution in [0.3, 0.4) is 0 Å². The summed E-state index contributed by atoms with van der Waals surface area (Å²) >= 11 is 5.99. The van der Waals surface area contributed by atoms with Crippen LogP contribution in [0.2, 0.25) is 5.02 Å². The van der Waals surface area contributed by atoms with Crippen LogP contribution in [0.25, 0.3) is 0 Å². The first-order valence-corrected chi connectivity index (χ1v) is 6.12. The van der Waals surface area contributed by atoms with Crippen LogP contribution in [0.1, 0.15) is 21.7 Å². The number of benzene rings is 1. The maximum atomic E-state index is 12.2. The normalized spacial score (nSPS) is 10.1. The molecule has 0 spiro atoms. The Balaban J connectivity index is 2.35. The van der Waals surface area contributed by atoms with Crippen molar-refractivity contribution >= 4 is 28.9 Å². The minimum absolute atomic E-state index is 0.251. The van der Waals surface area contributed by atoms with E-state index in [2.05, 4.69) is 10.4 Å². The number of carbonyl (C=O) groups excluding carboxylic acids is 1. The van der Waals surface area contributed by atoms with Gasteiger partial charge in [0.25, 0.3) is 5.91 Å². The molecule has 2 aromatic rings. The van der Waals surface area contributed by atoms with Crippen LogP contribution in [0.5, 0.6) is 0 Å². The fourth-order valence-electron chi connectivity index (χ4n) is 1.82. The van der Waals surface area contributed by atoms with Crippen molar-refractivity contribution < 1.29 is 4.79 Å². The van der Waals surface area contributed by atoms with Gasteiger partial charge in [0.05, 0.1) is 33.7 Å². The molecule has 0 aliphatic rings. The maximum Gasteiger partial charge on any atom is 0.276 e. The number of nitrogens with zero attached hydrogens (tertiary/aromatic N) is 3. The van der Waals surface area contributed by atoms with Crippen LogP contribution in [-0.4, -0.2) is 15.7 Å². The highest BCUT2D eigenvalue weighted by Gasteiger charge is 2.18. The quantitative estimate of drug-likeness (QED) is 0.884. The number of aromatic nitrogens is 2. The number of rotatable bonds is 2. The molecule has 0 fully saturated rings. The molecular formula is C13H12ClN5O. The van der Waals surface area contributed by atoms with E-state index in [4.69, 9.17) is 22.6 Å². The molecule has 102 valence electrons. The van der Waals surface area contributed by atoms with Crippen molar-refractivity contribution in [2.75, 3.05) is 11.1 Å². The fraction of sp³-hybridized carbons (Fsp3) is 0.154. The summed E-state index contributed by atoms with van der Waals surface area (Å²) in [6.07, 6.45) is 0. The van der Waals surface area contributed by atoms with Crippen LogP contribution >= 0.6 is 11.6 Å². The Hall–Kier alpha value is -2.52. The number of nitriles is 1. The fourth-order valence-corrected chi connectivity index (χ4v) is 1.98. The van der Waals surface area contributed by atoms with E-state index in [-0.39, 0.29) is 5.69 Å². The van der Waals surface area contributed by atoms with Crippen LogP contribution in [0, 0.1) is 18.3 Å². The SMILES string of the molecule is Cc1nn(C)c(C(=O)Nc2cc(C#N)ccc2Cl)c1N. The van der Waals surface area contributed by atoms with Gasteiger partial charge in [0.2, 0.25) is 0 Å². The van der Waals surface area contributed by atoms with Gasteiger partial charge in [0.1, 0.15) is 5.69 Å². The van der Waals surface area contributed by atoms with E-state index >= 15 is 0 Å². The molecule has 7 heteroatoms. The van der Waals surface area contributed by atoms with E-state index in [1.807, 2.05) is 6.07 Å². The van der Waals surface area contributed by atoms with Crippen LogP contribution in [0.4, 0.5) is 11.4 Å². The number of anilines is 2. The summed E-state index contributed by atoms with van der Waals surface area (Å²) in [5, 5.41) is 15.9. The molecule has 0 aliphatic carbocycles. The zero-order chi connectivity index (χ0) is 14.9. The second-order valence-electron chi connectivity index (χ2n) is 4.23. The van der Waals surface area contributed by atoms with Crippen molar-refractivity contribution in [3.8, 4) is 6.07 Å². The number of hydrogen-bond acceptors (Lipinski definition) is 4. The van der Waals surface area contributed by atoms with E-state index in [1.54, 1.807) is 26.1 Å². The van der Waals surface area contributed by atoms with E-state index in [9.17, 15) is 4.79 Å². The van der Waals surface area contributed by atoms with Crippen LogP contribution in [0.15, 0.2) is 18.2 Å². The van der Waals surface area contributed by atoms with Crippen LogP contribution in [-0.2, 0) is 7.05 Å². The summed E-state index contributed by atoms with van der Waals surface area (Å²) in [6.45, 7) is 1.72. The van der Waals surface area contributed by atoms with Gasteiger partial charge in [0, 0.05) is 7.05 Å². The predicted molar refractivity (Wildman–Crippen MR) is 76.5 cm³/mol. The van der Waals surface area contributed by atoms with Gasteiger partial charge in [-0.05, 0) is 25.1 Å². The molecule has 0 saturated carbocycles. The third kappa shape index (κ3) is 2.44. The van der Waals surface area contributed by atoms with Crippen molar-refractivity contribution in [2.24, 2.45) is 7.05 Å². The molecule has 1 aromatic heterocycles. The second kappa shape index (κ2) is 5.23. The summed E-state index contributed by atoms with van der Waals surface area (Å²) in [4.78, 5) is 12.2. The Morgan fingerprint density at radius 1 is 1.55 bits per heavy atom. The molecule has 0 aliphatic heterocycles. The summed E-state index contributed by atoms with van der Waals surface area (Å²) in [6, 6.07) is 6.60. The van der Waals surface area contributed by atoms with Gasteiger partial charge >= 0.3 is 0 Å². The molecule has 0 saturated heterocycles. The Labute approximate surface area is 120 Å². The minimum atomic E-state index is -0.428. The lowest BCUT2D eigenvalue weighted by Crippen LogP contribution is -2.18. The highest BCUT2D eigenvalue weighted by molar-refractivity contribution is 6.34. The summed E-state index contributed by atoms with van der Waals surface area (Å²) in [5.41, 5.74) is 7.73. The minimum Gasteiger partial charge on any atom is -0.395 e. The molecular weight excluding hydrogens is 278 g/mol. The number of aryl methyl sites for hydroxylation is 2. The first kappa shape index (κ1) is 13.9. The van der Waals surface area contributed by atoms with E-state index in [1.165, 1.54) is 10.7 Å². The zero-order valence-electron chi connectivity index (χ0n) is 10.9. The summed E-state index contributed by atoms with van der Waals surface area (Å²) < 4.78 is 1.40. The number of hydrogen-bond donors (Lipinski definition) is 2. The number of nitrogens with two attached hydrogens (primary N) is 1. The molecule has 3 N–H and O–H groups in total. The molecule has 0 radical (unpaired) electrons. The smallest absolute Gasteiger partial charge is 0.276 e. The average Bonchev–Trinajstić information content (AvgIpc) is 2.66. The largest absolute Gasteiger partial charge is 0.395 e. The Kier molecular flexibility index (Phi) is 3.63. The lowest BCUT2D eigenvalue weighted by Gasteiger charge is -2.08. The lowest BCUT2D eigenvalue weighted by molar-refractivity contribution is 0.101. The van der Waals surface area contributed by atoms with Gasteiger partial charge in [-0.1, -0.05) is 11.6 Å². The van der Waals surface area contributed by atoms with E-state index in [0.29, 0.717) is 27.7 Å². The Morgan fingerprint density at radius 2 is 2.25 bits per heavy atom. The third-order valence-corrected chi connectivity index (χ3v) is 3.16. The zero-order valence-corrected chi connectivity index (χ0v) is 11.7. The summed E-state index contributed by atoms with van der Waals surface area (Å²) in [7, 11) is 1.63. The molecule has 0 bridgehead atoms. The Bertz CT molecular complexity index is 729. The van der Waals surface area contributed by atoms with Gasteiger partial charge in [-0.25, -0.2) is 0 Å². The second-order valence-corrected chi connectivity index (χ2v) is 4.64. The topological polar surface area (TPSA) is 96.7 Å². The number of carbonyl (C=O) groups is 1. The third-order valence-electron chi connectivity index (χ3n) is 2.83. The van der Waals surface area contributed by atoms with Crippen molar-refractivity contribution in [1.82, 2.24) is 9.78 Å². The molecule has 0 unspecified atom stereocenters. The summed E-state index contributed by atoms with van der Waals surface area (Å²) in [5.74, 6) is -0.428. The maximum absolute atomic E-state index is 12.2. The molecule has 20 heavy (non-hydrogen) atoms. The number of amides is 1. The van der Waals surface area contributed by atoms with Crippen molar-refractivity contribution in [1.29, 1.82) is 5.26 Å². The van der Waals surface area contributed by atoms with Gasteiger partial charge in [-0.15, -0.1) is 0 Å².